The van der Waals surface area contributed by atoms with Crippen LogP contribution in [0.4, 0.5) is 0 Å². The maximum Gasteiger partial charge on any atom is 0.182 e. The Morgan fingerprint density at radius 2 is 1.43 bits per heavy atom. The number of hydrogen-bond donors (Lipinski definition) is 0. The molecule has 0 radical (unpaired) electrons. The van der Waals surface area contributed by atoms with Crippen molar-refractivity contribution in [1.29, 1.82) is 0 Å². The molecule has 0 aromatic rings. The molecular formula is C12H28NO+. The molecule has 0 unspecified atom stereocenters. The molecule has 0 fully saturated rings. The number of nitrogens with zero attached hydrogens (tertiary/aromatic N) is 1. The fourth-order valence-electron chi connectivity index (χ4n) is 1.63. The summed E-state index contributed by atoms with van der Waals surface area (Å²) < 4.78 is 6.66. The molecule has 0 aliphatic heterocycles. The van der Waals surface area contributed by atoms with Gasteiger partial charge in [0.2, 0.25) is 0 Å². The van der Waals surface area contributed by atoms with Crippen LogP contribution >= 0.6 is 0 Å². The number of hydrogen-bond acceptors (Lipinski definition) is 1. The van der Waals surface area contributed by atoms with Gasteiger partial charge in [0.05, 0.1) is 20.1 Å². The Kier molecular flexibility index (Phi) is 8.20. The summed E-state index contributed by atoms with van der Waals surface area (Å²) in [6.45, 7) is 10.8. The van der Waals surface area contributed by atoms with Gasteiger partial charge < -0.3 is 9.22 Å². The van der Waals surface area contributed by atoms with Crippen molar-refractivity contribution < 1.29 is 9.22 Å². The van der Waals surface area contributed by atoms with Crippen LogP contribution in [0.2, 0.25) is 0 Å². The van der Waals surface area contributed by atoms with Gasteiger partial charge in [0.25, 0.3) is 0 Å². The van der Waals surface area contributed by atoms with E-state index in [1.165, 1.54) is 38.8 Å². The van der Waals surface area contributed by atoms with Crippen LogP contribution in [0.1, 0.15) is 46.5 Å². The van der Waals surface area contributed by atoms with Crippen LogP contribution in [0.15, 0.2) is 0 Å². The zero-order chi connectivity index (χ0) is 10.9. The minimum Gasteiger partial charge on any atom is -0.332 e. The highest BCUT2D eigenvalue weighted by atomic mass is 16.5. The van der Waals surface area contributed by atoms with E-state index in [1.54, 1.807) is 0 Å². The van der Waals surface area contributed by atoms with Gasteiger partial charge in [-0.1, -0.05) is 26.7 Å². The third kappa shape index (κ3) is 6.39. The molecule has 0 saturated carbocycles. The van der Waals surface area contributed by atoms with E-state index in [2.05, 4.69) is 27.8 Å². The Bertz CT molecular complexity index is 104. The zero-order valence-electron chi connectivity index (χ0n) is 10.5. The molecule has 0 heterocycles. The summed E-state index contributed by atoms with van der Waals surface area (Å²) in [4.78, 5) is 0. The largest absolute Gasteiger partial charge is 0.332 e. The van der Waals surface area contributed by atoms with Crippen molar-refractivity contribution >= 4 is 0 Å². The third-order valence-corrected chi connectivity index (χ3v) is 2.71. The van der Waals surface area contributed by atoms with Crippen molar-refractivity contribution in [1.82, 2.24) is 0 Å². The Hall–Kier alpha value is -0.0800. The van der Waals surface area contributed by atoms with Gasteiger partial charge in [0.1, 0.15) is 0 Å². The number of rotatable bonds is 9. The average molecular weight is 202 g/mol. The first kappa shape index (κ1) is 13.9. The minimum absolute atomic E-state index is 0.839. The maximum absolute atomic E-state index is 5.56. The number of unbranched alkanes of at least 4 members (excludes halogenated alkanes) is 2. The van der Waals surface area contributed by atoms with E-state index < -0.39 is 0 Å². The zero-order valence-corrected chi connectivity index (χ0v) is 10.5. The highest BCUT2D eigenvalue weighted by molar-refractivity contribution is 4.39. The minimum atomic E-state index is 0.839. The quantitative estimate of drug-likeness (QED) is 0.412. The summed E-state index contributed by atoms with van der Waals surface area (Å²) in [6, 6.07) is 0. The van der Waals surface area contributed by atoms with Crippen LogP contribution in [0.3, 0.4) is 0 Å². The number of ether oxygens (including phenoxy) is 1. The Labute approximate surface area is 89.8 Å². The highest BCUT2D eigenvalue weighted by Crippen LogP contribution is 2.08. The topological polar surface area (TPSA) is 9.23 Å². The summed E-state index contributed by atoms with van der Waals surface area (Å²) in [5.74, 6) is 0. The highest BCUT2D eigenvalue weighted by Gasteiger charge is 2.19. The summed E-state index contributed by atoms with van der Waals surface area (Å²) >= 11 is 0. The lowest BCUT2D eigenvalue weighted by atomic mass is 10.2. The molecule has 0 aliphatic carbocycles. The Morgan fingerprint density at radius 3 is 1.79 bits per heavy atom. The molecule has 0 aromatic heterocycles. The second kappa shape index (κ2) is 8.25. The molecule has 0 amide bonds. The average Bonchev–Trinajstić information content (AvgIpc) is 2.21. The van der Waals surface area contributed by atoms with Crippen LogP contribution < -0.4 is 0 Å². The lowest BCUT2D eigenvalue weighted by molar-refractivity contribution is -0.928. The summed E-state index contributed by atoms with van der Waals surface area (Å²) in [7, 11) is 2.32. The lowest BCUT2D eigenvalue weighted by Crippen LogP contribution is -2.47. The van der Waals surface area contributed by atoms with E-state index in [9.17, 15) is 0 Å². The van der Waals surface area contributed by atoms with Crippen LogP contribution in [0.5, 0.6) is 0 Å². The summed E-state index contributed by atoms with van der Waals surface area (Å²) in [5.41, 5.74) is 0. The predicted octanol–water partition coefficient (Wildman–Crippen LogP) is 3.03. The standard InChI is InChI=1S/C12H28NO/c1-5-8-10-13(4,11-9-6-2)12-14-7-3/h5-12H2,1-4H3/q+1. The van der Waals surface area contributed by atoms with E-state index in [-0.39, 0.29) is 0 Å². The predicted molar refractivity (Wildman–Crippen MR) is 62.2 cm³/mol. The number of quaternary nitrogens is 1. The summed E-state index contributed by atoms with van der Waals surface area (Å²) in [5, 5.41) is 0. The van der Waals surface area contributed by atoms with Crippen molar-refractivity contribution in [3.05, 3.63) is 0 Å². The smallest absolute Gasteiger partial charge is 0.182 e. The van der Waals surface area contributed by atoms with Crippen molar-refractivity contribution in [2.75, 3.05) is 33.5 Å². The Balaban J connectivity index is 3.89. The van der Waals surface area contributed by atoms with Gasteiger partial charge in [-0.2, -0.15) is 0 Å². The van der Waals surface area contributed by atoms with Crippen LogP contribution in [0, 0.1) is 0 Å². The molecule has 14 heavy (non-hydrogen) atoms. The van der Waals surface area contributed by atoms with Gasteiger partial charge in [0.15, 0.2) is 6.73 Å². The first-order chi connectivity index (χ1) is 6.68. The monoisotopic (exact) mass is 202 g/mol. The molecule has 0 atom stereocenters. The van der Waals surface area contributed by atoms with Gasteiger partial charge in [-0.3, -0.25) is 0 Å². The molecule has 2 nitrogen and oxygen atoms in total. The normalized spacial score (nSPS) is 12.0. The first-order valence-corrected chi connectivity index (χ1v) is 6.09. The fraction of sp³-hybridized carbons (Fsp3) is 1.00. The van der Waals surface area contributed by atoms with E-state index in [0.29, 0.717) is 0 Å². The Morgan fingerprint density at radius 1 is 0.929 bits per heavy atom. The second-order valence-electron chi connectivity index (χ2n) is 4.40. The van der Waals surface area contributed by atoms with Crippen molar-refractivity contribution in [2.24, 2.45) is 0 Å². The van der Waals surface area contributed by atoms with Crippen molar-refractivity contribution in [3.63, 3.8) is 0 Å². The van der Waals surface area contributed by atoms with E-state index in [4.69, 9.17) is 4.74 Å². The maximum atomic E-state index is 5.56. The van der Waals surface area contributed by atoms with Gasteiger partial charge >= 0.3 is 0 Å². The van der Waals surface area contributed by atoms with E-state index in [0.717, 1.165) is 17.8 Å². The molecule has 86 valence electrons. The molecule has 0 spiro atoms. The van der Waals surface area contributed by atoms with Gasteiger partial charge in [-0.15, -0.1) is 0 Å². The first-order valence-electron chi connectivity index (χ1n) is 6.09. The molecule has 0 N–H and O–H groups in total. The van der Waals surface area contributed by atoms with E-state index in [1.807, 2.05) is 0 Å². The molecule has 0 saturated heterocycles. The van der Waals surface area contributed by atoms with E-state index >= 15 is 0 Å². The van der Waals surface area contributed by atoms with Crippen LogP contribution in [0.25, 0.3) is 0 Å². The molecule has 0 aliphatic rings. The van der Waals surface area contributed by atoms with Crippen LogP contribution in [-0.2, 0) is 4.74 Å². The second-order valence-corrected chi connectivity index (χ2v) is 4.40. The van der Waals surface area contributed by atoms with Gasteiger partial charge in [0, 0.05) is 6.61 Å². The SMILES string of the molecule is CCCC[N+](C)(CCCC)COCC. The van der Waals surface area contributed by atoms with Gasteiger partial charge in [-0.05, 0) is 19.8 Å². The van der Waals surface area contributed by atoms with Gasteiger partial charge in [-0.25, -0.2) is 0 Å². The molecule has 0 rings (SSSR count). The lowest BCUT2D eigenvalue weighted by Gasteiger charge is -2.34. The third-order valence-electron chi connectivity index (χ3n) is 2.71. The molecule has 2 heteroatoms. The molecule has 0 bridgehead atoms. The summed E-state index contributed by atoms with van der Waals surface area (Å²) in [6.07, 6.45) is 5.19. The molecular weight excluding hydrogens is 174 g/mol. The van der Waals surface area contributed by atoms with Crippen molar-refractivity contribution in [2.45, 2.75) is 46.5 Å². The van der Waals surface area contributed by atoms with Crippen LogP contribution in [-0.4, -0.2) is 38.0 Å². The fourth-order valence-corrected chi connectivity index (χ4v) is 1.63. The van der Waals surface area contributed by atoms with Crippen molar-refractivity contribution in [3.8, 4) is 0 Å². The molecule has 0 aromatic carbocycles.